The lowest BCUT2D eigenvalue weighted by atomic mass is 10.1. The average Bonchev–Trinajstić information content (AvgIpc) is 2.74. The Balaban J connectivity index is 1.55. The van der Waals surface area contributed by atoms with Gasteiger partial charge in [-0.3, -0.25) is 9.69 Å². The van der Waals surface area contributed by atoms with Crippen LogP contribution in [0.25, 0.3) is 11.0 Å². The van der Waals surface area contributed by atoms with E-state index in [1.807, 2.05) is 31.2 Å². The molecule has 0 aliphatic carbocycles. The Morgan fingerprint density at radius 1 is 1.13 bits per heavy atom. The molecule has 4 rings (SSSR count). The molecule has 2 aromatic carbocycles. The van der Waals surface area contributed by atoms with E-state index in [1.54, 1.807) is 18.2 Å². The molecular formula is C23H24N2O5. The van der Waals surface area contributed by atoms with Crippen molar-refractivity contribution in [3.63, 3.8) is 0 Å². The molecule has 1 aliphatic rings. The lowest BCUT2D eigenvalue weighted by Gasteiger charge is -2.26. The Morgan fingerprint density at radius 3 is 2.77 bits per heavy atom. The lowest BCUT2D eigenvalue weighted by molar-refractivity contribution is 0.0342. The van der Waals surface area contributed by atoms with Crippen LogP contribution in [0.4, 0.5) is 5.69 Å². The number of hydrogen-bond acceptors (Lipinski definition) is 6. The summed E-state index contributed by atoms with van der Waals surface area (Å²) in [6, 6.07) is 14.1. The van der Waals surface area contributed by atoms with Gasteiger partial charge in [0.25, 0.3) is 5.91 Å². The standard InChI is InChI=1S/C23H24N2O5/c1-2-29-18-6-7-19-20(14-22(26)30-21(19)13-18)23(27)24-17-5-3-4-16(12-17)15-25-8-10-28-11-9-25/h3-7,12-14H,2,8-11,15H2,1H3,(H,24,27). The number of anilines is 1. The van der Waals surface area contributed by atoms with Gasteiger partial charge in [0.05, 0.1) is 25.4 Å². The molecule has 1 fully saturated rings. The smallest absolute Gasteiger partial charge is 0.337 e. The van der Waals surface area contributed by atoms with Gasteiger partial charge in [0.15, 0.2) is 0 Å². The first kappa shape index (κ1) is 20.1. The number of morpholine rings is 1. The van der Waals surface area contributed by atoms with E-state index in [0.717, 1.165) is 38.4 Å². The largest absolute Gasteiger partial charge is 0.494 e. The Hall–Kier alpha value is -3.16. The predicted molar refractivity (Wildman–Crippen MR) is 114 cm³/mol. The summed E-state index contributed by atoms with van der Waals surface area (Å²) < 4.78 is 16.1. The number of benzene rings is 2. The minimum absolute atomic E-state index is 0.267. The molecule has 1 N–H and O–H groups in total. The van der Waals surface area contributed by atoms with Crippen molar-refractivity contribution in [1.82, 2.24) is 4.90 Å². The first-order chi connectivity index (χ1) is 14.6. The predicted octanol–water partition coefficient (Wildman–Crippen LogP) is 3.28. The maximum atomic E-state index is 12.9. The zero-order valence-electron chi connectivity index (χ0n) is 16.8. The Morgan fingerprint density at radius 2 is 1.97 bits per heavy atom. The number of carbonyl (C=O) groups excluding carboxylic acids is 1. The van der Waals surface area contributed by atoms with E-state index in [9.17, 15) is 9.59 Å². The van der Waals surface area contributed by atoms with Gasteiger partial charge >= 0.3 is 5.63 Å². The summed E-state index contributed by atoms with van der Waals surface area (Å²) in [7, 11) is 0. The molecule has 0 atom stereocenters. The number of fused-ring (bicyclic) bond motifs is 1. The molecule has 7 heteroatoms. The molecule has 1 amide bonds. The van der Waals surface area contributed by atoms with Gasteiger partial charge in [-0.1, -0.05) is 12.1 Å². The molecule has 1 aliphatic heterocycles. The van der Waals surface area contributed by atoms with Crippen molar-refractivity contribution in [2.45, 2.75) is 13.5 Å². The fourth-order valence-electron chi connectivity index (χ4n) is 3.55. The highest BCUT2D eigenvalue weighted by molar-refractivity contribution is 6.12. The van der Waals surface area contributed by atoms with Gasteiger partial charge in [0, 0.05) is 42.8 Å². The summed E-state index contributed by atoms with van der Waals surface area (Å²) in [6.07, 6.45) is 0. The quantitative estimate of drug-likeness (QED) is 0.631. The van der Waals surface area contributed by atoms with Gasteiger partial charge in [-0.2, -0.15) is 0 Å². The number of nitrogens with one attached hydrogen (secondary N) is 1. The fourth-order valence-corrected chi connectivity index (χ4v) is 3.55. The lowest BCUT2D eigenvalue weighted by Crippen LogP contribution is -2.35. The topological polar surface area (TPSA) is 81.0 Å². The number of ether oxygens (including phenoxy) is 2. The molecule has 0 spiro atoms. The normalized spacial score (nSPS) is 14.6. The number of amides is 1. The second-order valence-corrected chi connectivity index (χ2v) is 7.11. The van der Waals surface area contributed by atoms with Crippen LogP contribution in [-0.2, 0) is 11.3 Å². The molecule has 0 saturated carbocycles. The highest BCUT2D eigenvalue weighted by Gasteiger charge is 2.15. The van der Waals surface area contributed by atoms with Crippen molar-refractivity contribution in [2.24, 2.45) is 0 Å². The third-order valence-electron chi connectivity index (χ3n) is 4.97. The van der Waals surface area contributed by atoms with Gasteiger partial charge in [-0.15, -0.1) is 0 Å². The molecule has 156 valence electrons. The summed E-state index contributed by atoms with van der Waals surface area (Å²) in [5.41, 5.74) is 1.79. The van der Waals surface area contributed by atoms with E-state index >= 15 is 0 Å². The van der Waals surface area contributed by atoms with Crippen molar-refractivity contribution in [3.05, 3.63) is 70.1 Å². The maximum Gasteiger partial charge on any atom is 0.337 e. The number of nitrogens with zero attached hydrogens (tertiary/aromatic N) is 1. The van der Waals surface area contributed by atoms with Gasteiger partial charge in [-0.25, -0.2) is 4.79 Å². The zero-order valence-corrected chi connectivity index (χ0v) is 16.8. The van der Waals surface area contributed by atoms with E-state index in [4.69, 9.17) is 13.9 Å². The fraction of sp³-hybridized carbons (Fsp3) is 0.304. The van der Waals surface area contributed by atoms with Gasteiger partial charge < -0.3 is 19.2 Å². The molecular weight excluding hydrogens is 384 g/mol. The highest BCUT2D eigenvalue weighted by Crippen LogP contribution is 2.24. The van der Waals surface area contributed by atoms with Crippen molar-refractivity contribution in [1.29, 1.82) is 0 Å². The Bertz CT molecular complexity index is 1100. The molecule has 0 radical (unpaired) electrons. The van der Waals surface area contributed by atoms with E-state index in [1.165, 1.54) is 6.07 Å². The van der Waals surface area contributed by atoms with Crippen LogP contribution in [0, 0.1) is 0 Å². The second kappa shape index (κ2) is 9.11. The van der Waals surface area contributed by atoms with Crippen LogP contribution in [0.5, 0.6) is 5.75 Å². The number of carbonyl (C=O) groups is 1. The molecule has 7 nitrogen and oxygen atoms in total. The van der Waals surface area contributed by atoms with Crippen molar-refractivity contribution in [2.75, 3.05) is 38.2 Å². The van der Waals surface area contributed by atoms with Crippen LogP contribution in [0.1, 0.15) is 22.8 Å². The van der Waals surface area contributed by atoms with Crippen LogP contribution in [0.3, 0.4) is 0 Å². The second-order valence-electron chi connectivity index (χ2n) is 7.11. The summed E-state index contributed by atoms with van der Waals surface area (Å²) in [5, 5.41) is 3.46. The Labute approximate surface area is 174 Å². The third-order valence-corrected chi connectivity index (χ3v) is 4.97. The van der Waals surface area contributed by atoms with E-state index in [0.29, 0.717) is 29.0 Å². The van der Waals surface area contributed by atoms with Crippen LogP contribution in [0.2, 0.25) is 0 Å². The van der Waals surface area contributed by atoms with E-state index in [2.05, 4.69) is 10.2 Å². The molecule has 0 bridgehead atoms. The molecule has 1 aromatic heterocycles. The minimum atomic E-state index is -0.581. The average molecular weight is 408 g/mol. The first-order valence-electron chi connectivity index (χ1n) is 10.0. The van der Waals surface area contributed by atoms with Crippen molar-refractivity contribution in [3.8, 4) is 5.75 Å². The summed E-state index contributed by atoms with van der Waals surface area (Å²) >= 11 is 0. The van der Waals surface area contributed by atoms with E-state index < -0.39 is 5.63 Å². The summed E-state index contributed by atoms with van der Waals surface area (Å²) in [5.74, 6) is 0.224. The number of rotatable bonds is 6. The van der Waals surface area contributed by atoms with Crippen molar-refractivity contribution >= 4 is 22.6 Å². The number of hydrogen-bond donors (Lipinski definition) is 1. The van der Waals surface area contributed by atoms with Crippen molar-refractivity contribution < 1.29 is 18.7 Å². The van der Waals surface area contributed by atoms with E-state index in [-0.39, 0.29) is 11.5 Å². The third kappa shape index (κ3) is 4.69. The van der Waals surface area contributed by atoms with Crippen LogP contribution < -0.4 is 15.7 Å². The van der Waals surface area contributed by atoms with Gasteiger partial charge in [0.2, 0.25) is 0 Å². The van der Waals surface area contributed by atoms with Gasteiger partial charge in [0.1, 0.15) is 11.3 Å². The van der Waals surface area contributed by atoms with Crippen LogP contribution in [-0.4, -0.2) is 43.7 Å². The minimum Gasteiger partial charge on any atom is -0.494 e. The highest BCUT2D eigenvalue weighted by atomic mass is 16.5. The molecule has 3 aromatic rings. The SMILES string of the molecule is CCOc1ccc2c(C(=O)Nc3cccc(CN4CCOCC4)c3)cc(=O)oc2c1. The van der Waals surface area contributed by atoms with Gasteiger partial charge in [-0.05, 0) is 36.8 Å². The van der Waals surface area contributed by atoms with Crippen LogP contribution >= 0.6 is 0 Å². The Kier molecular flexibility index (Phi) is 6.11. The maximum absolute atomic E-state index is 12.9. The summed E-state index contributed by atoms with van der Waals surface area (Å²) in [4.78, 5) is 27.3. The zero-order chi connectivity index (χ0) is 20.9. The molecule has 1 saturated heterocycles. The molecule has 0 unspecified atom stereocenters. The first-order valence-corrected chi connectivity index (χ1v) is 10.0. The van der Waals surface area contributed by atoms with Crippen LogP contribution in [0.15, 0.2) is 57.7 Å². The molecule has 2 heterocycles. The summed E-state index contributed by atoms with van der Waals surface area (Å²) in [6.45, 7) is 6.44. The monoisotopic (exact) mass is 408 g/mol. The molecule has 30 heavy (non-hydrogen) atoms.